The molecule has 5 rings (SSSR count). The second kappa shape index (κ2) is 17.7. The van der Waals surface area contributed by atoms with Crippen LogP contribution in [0.15, 0.2) is 60.7 Å². The van der Waals surface area contributed by atoms with Crippen molar-refractivity contribution in [3.05, 3.63) is 66.2 Å². The zero-order chi connectivity index (χ0) is 35.6. The monoisotopic (exact) mass is 686 g/mol. The Labute approximate surface area is 296 Å². The first kappa shape index (κ1) is 37.1. The number of ether oxygens (including phenoxy) is 2. The molecule has 0 radical (unpaired) electrons. The number of aliphatic hydroxyl groups excluding tert-OH is 1. The molecular weight excluding hydrogens is 632 g/mol. The molecule has 4 amide bonds. The predicted molar refractivity (Wildman–Crippen MR) is 198 cm³/mol. The van der Waals surface area contributed by atoms with Gasteiger partial charge in [-0.2, -0.15) is 0 Å². The van der Waals surface area contributed by atoms with Crippen LogP contribution < -0.4 is 15.4 Å². The highest BCUT2D eigenvalue weighted by Crippen LogP contribution is 2.30. The van der Waals surface area contributed by atoms with E-state index in [-0.39, 0.29) is 42.5 Å². The van der Waals surface area contributed by atoms with Crippen molar-refractivity contribution in [3.63, 3.8) is 0 Å². The molecule has 3 aromatic rings. The first-order valence-corrected chi connectivity index (χ1v) is 18.3. The maximum atomic E-state index is 14.5. The Balaban J connectivity index is 1.38. The molecule has 10 heteroatoms. The average molecular weight is 687 g/mol. The van der Waals surface area contributed by atoms with Gasteiger partial charge in [-0.1, -0.05) is 62.6 Å². The Morgan fingerprint density at radius 1 is 0.960 bits per heavy atom. The standard InChI is InChI=1S/C40H54N4O6/c1-27-24-44(28(2)26-45)39(47)34-23-32(41-40(48)42-35-19-12-17-30-14-8-9-18-33(30)35)20-21-36(34)50-29(3)13-10-11-22-49-37(27)25-43(4)38(46)31-15-6-5-7-16-31/h8-9,12,14,17-21,23,27-29,31,37,45H,5-7,10-11,13,15-16,22,24-26H2,1-4H3,(H2,41,42,48)/t27-,28-,29+,37+/m1/s1. The van der Waals surface area contributed by atoms with Crippen molar-refractivity contribution < 1.29 is 29.0 Å². The van der Waals surface area contributed by atoms with Crippen molar-refractivity contribution in [2.45, 2.75) is 90.4 Å². The van der Waals surface area contributed by atoms with Crippen LogP contribution in [0.2, 0.25) is 0 Å². The molecule has 0 bridgehead atoms. The lowest BCUT2D eigenvalue weighted by Crippen LogP contribution is -2.48. The van der Waals surface area contributed by atoms with Gasteiger partial charge in [-0.25, -0.2) is 4.79 Å². The van der Waals surface area contributed by atoms with Crippen LogP contribution in [0.5, 0.6) is 5.75 Å². The van der Waals surface area contributed by atoms with Crippen LogP contribution in [0, 0.1) is 11.8 Å². The Morgan fingerprint density at radius 3 is 2.48 bits per heavy atom. The first-order valence-electron chi connectivity index (χ1n) is 18.3. The van der Waals surface area contributed by atoms with Gasteiger partial charge in [0, 0.05) is 49.7 Å². The van der Waals surface area contributed by atoms with E-state index < -0.39 is 12.1 Å². The molecule has 0 saturated heterocycles. The summed E-state index contributed by atoms with van der Waals surface area (Å²) in [7, 11) is 1.86. The van der Waals surface area contributed by atoms with E-state index in [9.17, 15) is 19.5 Å². The number of rotatable bonds is 7. The molecule has 4 atom stereocenters. The Kier molecular flexibility index (Phi) is 13.1. The van der Waals surface area contributed by atoms with Gasteiger partial charge in [0.05, 0.1) is 36.1 Å². The van der Waals surface area contributed by atoms with Gasteiger partial charge in [-0.05, 0) is 75.6 Å². The molecule has 1 saturated carbocycles. The number of nitrogens with one attached hydrogen (secondary N) is 2. The van der Waals surface area contributed by atoms with Gasteiger partial charge in [0.2, 0.25) is 5.91 Å². The summed E-state index contributed by atoms with van der Waals surface area (Å²) >= 11 is 0. The van der Waals surface area contributed by atoms with Gasteiger partial charge >= 0.3 is 6.03 Å². The highest BCUT2D eigenvalue weighted by molar-refractivity contribution is 6.07. The van der Waals surface area contributed by atoms with Crippen LogP contribution in [-0.4, -0.2) is 84.4 Å². The molecule has 3 N–H and O–H groups in total. The summed E-state index contributed by atoms with van der Waals surface area (Å²) in [5.41, 5.74) is 1.40. The first-order chi connectivity index (χ1) is 24.1. The van der Waals surface area contributed by atoms with Gasteiger partial charge < -0.3 is 35.0 Å². The maximum Gasteiger partial charge on any atom is 0.323 e. The third kappa shape index (κ3) is 9.54. The van der Waals surface area contributed by atoms with Crippen molar-refractivity contribution in [3.8, 4) is 5.75 Å². The van der Waals surface area contributed by atoms with E-state index >= 15 is 0 Å². The summed E-state index contributed by atoms with van der Waals surface area (Å²) < 4.78 is 12.8. The third-order valence-corrected chi connectivity index (χ3v) is 10.1. The molecule has 0 aromatic heterocycles. The molecular formula is C40H54N4O6. The van der Waals surface area contributed by atoms with Crippen LogP contribution in [0.4, 0.5) is 16.2 Å². The van der Waals surface area contributed by atoms with Gasteiger partial charge in [-0.3, -0.25) is 9.59 Å². The maximum absolute atomic E-state index is 14.5. The molecule has 2 aliphatic rings. The highest BCUT2D eigenvalue weighted by atomic mass is 16.5. The van der Waals surface area contributed by atoms with Crippen molar-refractivity contribution in [2.75, 3.05) is 44.0 Å². The molecule has 1 aliphatic heterocycles. The number of benzene rings is 3. The molecule has 0 spiro atoms. The minimum atomic E-state index is -0.503. The van der Waals surface area contributed by atoms with Crippen LogP contribution in [0.3, 0.4) is 0 Å². The zero-order valence-electron chi connectivity index (χ0n) is 30.0. The second-order valence-electron chi connectivity index (χ2n) is 14.2. The average Bonchev–Trinajstić information content (AvgIpc) is 3.12. The number of hydrogen-bond acceptors (Lipinski definition) is 6. The largest absolute Gasteiger partial charge is 0.490 e. The fourth-order valence-electron chi connectivity index (χ4n) is 7.10. The number of hydrogen-bond donors (Lipinski definition) is 3. The number of carbonyl (C=O) groups is 3. The normalized spacial score (nSPS) is 21.7. The van der Waals surface area contributed by atoms with Gasteiger partial charge in [0.15, 0.2) is 0 Å². The number of aliphatic hydroxyl groups is 1. The number of carbonyl (C=O) groups excluding carboxylic acids is 3. The SMILES string of the molecule is C[C@@H]1CN([C@H](C)CO)C(=O)c2cc(NC(=O)Nc3cccc4ccccc34)ccc2O[C@@H](C)CCCCO[C@H]1CN(C)C(=O)C1CCCCC1. The molecule has 1 aliphatic carbocycles. The molecule has 0 unspecified atom stereocenters. The van der Waals surface area contributed by atoms with Crippen molar-refractivity contribution in [1.29, 1.82) is 0 Å². The van der Waals surface area contributed by atoms with Crippen molar-refractivity contribution in [2.24, 2.45) is 11.8 Å². The van der Waals surface area contributed by atoms with Gasteiger partial charge in [-0.15, -0.1) is 0 Å². The van der Waals surface area contributed by atoms with E-state index in [0.29, 0.717) is 42.4 Å². The molecule has 10 nitrogen and oxygen atoms in total. The number of urea groups is 1. The van der Waals surface area contributed by atoms with E-state index in [4.69, 9.17) is 9.47 Å². The third-order valence-electron chi connectivity index (χ3n) is 10.1. The van der Waals surface area contributed by atoms with E-state index in [1.807, 2.05) is 75.2 Å². The lowest BCUT2D eigenvalue weighted by atomic mass is 9.88. The fourth-order valence-corrected chi connectivity index (χ4v) is 7.10. The number of fused-ring (bicyclic) bond motifs is 2. The summed E-state index contributed by atoms with van der Waals surface area (Å²) in [5.74, 6) is 0.189. The summed E-state index contributed by atoms with van der Waals surface area (Å²) in [6, 6.07) is 17.7. The van der Waals surface area contributed by atoms with Crippen LogP contribution in [-0.2, 0) is 9.53 Å². The molecule has 3 aromatic carbocycles. The predicted octanol–water partition coefficient (Wildman–Crippen LogP) is 7.32. The molecule has 1 heterocycles. The summed E-state index contributed by atoms with van der Waals surface area (Å²) in [6.45, 7) is 6.87. The lowest BCUT2D eigenvalue weighted by molar-refractivity contribution is -0.137. The highest BCUT2D eigenvalue weighted by Gasteiger charge is 2.32. The molecule has 270 valence electrons. The fraction of sp³-hybridized carbons (Fsp3) is 0.525. The smallest absolute Gasteiger partial charge is 0.323 e. The number of amides is 4. The topological polar surface area (TPSA) is 120 Å². The molecule has 1 fully saturated rings. The van der Waals surface area contributed by atoms with Crippen LogP contribution in [0.1, 0.15) is 82.5 Å². The summed E-state index contributed by atoms with van der Waals surface area (Å²) in [6.07, 6.45) is 7.25. The van der Waals surface area contributed by atoms with Gasteiger partial charge in [0.1, 0.15) is 5.75 Å². The Morgan fingerprint density at radius 2 is 1.70 bits per heavy atom. The van der Waals surface area contributed by atoms with E-state index in [2.05, 4.69) is 10.6 Å². The lowest BCUT2D eigenvalue weighted by Gasteiger charge is -2.36. The van der Waals surface area contributed by atoms with E-state index in [1.54, 1.807) is 23.1 Å². The van der Waals surface area contributed by atoms with Crippen LogP contribution in [0.25, 0.3) is 10.8 Å². The minimum absolute atomic E-state index is 0.0602. The van der Waals surface area contributed by atoms with Crippen molar-refractivity contribution >= 4 is 40.0 Å². The number of anilines is 2. The van der Waals surface area contributed by atoms with Gasteiger partial charge in [0.25, 0.3) is 5.91 Å². The number of nitrogens with zero attached hydrogens (tertiary/aromatic N) is 2. The number of likely N-dealkylation sites (N-methyl/N-ethyl adjacent to an activating group) is 1. The quantitative estimate of drug-likeness (QED) is 0.240. The second-order valence-corrected chi connectivity index (χ2v) is 14.2. The summed E-state index contributed by atoms with van der Waals surface area (Å²) in [4.78, 5) is 44.5. The van der Waals surface area contributed by atoms with E-state index in [0.717, 1.165) is 55.7 Å². The minimum Gasteiger partial charge on any atom is -0.490 e. The Bertz CT molecular complexity index is 1600. The zero-order valence-corrected chi connectivity index (χ0v) is 30.0. The molecule has 50 heavy (non-hydrogen) atoms. The van der Waals surface area contributed by atoms with E-state index in [1.165, 1.54) is 6.42 Å². The summed E-state index contributed by atoms with van der Waals surface area (Å²) in [5, 5.41) is 18.1. The van der Waals surface area contributed by atoms with Crippen molar-refractivity contribution in [1.82, 2.24) is 9.80 Å². The van der Waals surface area contributed by atoms with Crippen LogP contribution >= 0.6 is 0 Å². The Hall–Kier alpha value is -4.15.